The van der Waals surface area contributed by atoms with Crippen molar-refractivity contribution < 1.29 is 4.79 Å². The van der Waals surface area contributed by atoms with Crippen LogP contribution in [0.25, 0.3) is 0 Å². The first-order valence-corrected chi connectivity index (χ1v) is 9.50. The lowest BCUT2D eigenvalue weighted by atomic mass is 10.0. The maximum atomic E-state index is 12.6. The number of hydrogen-bond acceptors (Lipinski definition) is 5. The molecular weight excluding hydrogens is 328 g/mol. The van der Waals surface area contributed by atoms with Crippen LogP contribution in [0.1, 0.15) is 47.2 Å². The van der Waals surface area contributed by atoms with Crippen LogP contribution in [0.3, 0.4) is 0 Å². The van der Waals surface area contributed by atoms with Crippen molar-refractivity contribution in [3.63, 3.8) is 0 Å². The minimum absolute atomic E-state index is 0.0993. The van der Waals surface area contributed by atoms with Gasteiger partial charge in [-0.3, -0.25) is 14.7 Å². The summed E-state index contributed by atoms with van der Waals surface area (Å²) in [5.41, 5.74) is 1.66. The van der Waals surface area contributed by atoms with Crippen LogP contribution in [-0.2, 0) is 13.1 Å². The average Bonchev–Trinajstić information content (AvgIpc) is 3.14. The molecule has 1 atom stereocenters. The lowest BCUT2D eigenvalue weighted by Gasteiger charge is -2.34. The Bertz CT molecular complexity index is 714. The van der Waals surface area contributed by atoms with Gasteiger partial charge < -0.3 is 15.2 Å². The van der Waals surface area contributed by atoms with Crippen molar-refractivity contribution >= 4 is 5.91 Å². The molecular formula is C19H26N6O. The molecule has 2 aromatic rings. The molecule has 0 saturated carbocycles. The largest absolute Gasteiger partial charge is 0.349 e. The quantitative estimate of drug-likeness (QED) is 0.847. The van der Waals surface area contributed by atoms with Gasteiger partial charge in [-0.1, -0.05) is 12.5 Å². The molecule has 2 N–H and O–H groups in total. The van der Waals surface area contributed by atoms with Gasteiger partial charge in [0.1, 0.15) is 11.5 Å². The molecule has 2 aliphatic heterocycles. The van der Waals surface area contributed by atoms with E-state index in [2.05, 4.69) is 36.1 Å². The van der Waals surface area contributed by atoms with E-state index >= 15 is 0 Å². The fraction of sp³-hybridized carbons (Fsp3) is 0.526. The number of carbonyl (C=O) groups is 1. The Morgan fingerprint density at radius 3 is 2.92 bits per heavy atom. The smallest absolute Gasteiger partial charge is 0.271 e. The number of pyridine rings is 1. The zero-order chi connectivity index (χ0) is 17.8. The number of nitrogens with zero attached hydrogens (tertiary/aromatic N) is 4. The van der Waals surface area contributed by atoms with Gasteiger partial charge in [-0.15, -0.1) is 0 Å². The molecule has 138 valence electrons. The number of fused-ring (bicyclic) bond motifs is 1. The number of nitrogens with one attached hydrogen (secondary N) is 2. The number of carbonyl (C=O) groups excluding carboxylic acids is 1. The zero-order valence-corrected chi connectivity index (χ0v) is 15.0. The molecule has 1 unspecified atom stereocenters. The predicted octanol–water partition coefficient (Wildman–Crippen LogP) is 1.34. The zero-order valence-electron chi connectivity index (χ0n) is 15.0. The Hall–Kier alpha value is -2.25. The number of amides is 1. The van der Waals surface area contributed by atoms with Crippen molar-refractivity contribution in [2.75, 3.05) is 26.2 Å². The topological polar surface area (TPSA) is 75.1 Å². The van der Waals surface area contributed by atoms with Crippen LogP contribution in [0.4, 0.5) is 0 Å². The highest BCUT2D eigenvalue weighted by atomic mass is 16.1. The molecule has 2 aliphatic rings. The standard InChI is InChI=1S/C19H26N6O/c26-19(16-14-25-10-7-21-13-18(25)23-16)22-12-17(15-5-4-6-20-11-15)24-8-2-1-3-9-24/h4-6,11,14,17,21H,1-3,7-10,12-13H2,(H,22,26). The number of piperidine rings is 1. The molecule has 7 nitrogen and oxygen atoms in total. The lowest BCUT2D eigenvalue weighted by molar-refractivity contribution is 0.0919. The summed E-state index contributed by atoms with van der Waals surface area (Å²) in [4.78, 5) is 23.8. The Kier molecular flexibility index (Phi) is 5.26. The van der Waals surface area contributed by atoms with Gasteiger partial charge in [0.05, 0.1) is 12.6 Å². The summed E-state index contributed by atoms with van der Waals surface area (Å²) >= 11 is 0. The van der Waals surface area contributed by atoms with Gasteiger partial charge in [0, 0.05) is 38.2 Å². The van der Waals surface area contributed by atoms with Crippen LogP contribution in [0, 0.1) is 0 Å². The fourth-order valence-electron chi connectivity index (χ4n) is 3.84. The summed E-state index contributed by atoms with van der Waals surface area (Å²) in [7, 11) is 0. The summed E-state index contributed by atoms with van der Waals surface area (Å²) in [6, 6.07) is 4.22. The molecule has 4 heterocycles. The summed E-state index contributed by atoms with van der Waals surface area (Å²) in [6.07, 6.45) is 9.28. The lowest BCUT2D eigenvalue weighted by Crippen LogP contribution is -2.40. The normalized spacial score (nSPS) is 18.9. The van der Waals surface area contributed by atoms with Crippen molar-refractivity contribution in [2.45, 2.75) is 38.4 Å². The van der Waals surface area contributed by atoms with Gasteiger partial charge in [-0.2, -0.15) is 0 Å². The Morgan fingerprint density at radius 1 is 1.27 bits per heavy atom. The molecule has 26 heavy (non-hydrogen) atoms. The predicted molar refractivity (Wildman–Crippen MR) is 98.7 cm³/mol. The molecule has 0 aliphatic carbocycles. The highest BCUT2D eigenvalue weighted by Crippen LogP contribution is 2.23. The van der Waals surface area contributed by atoms with Crippen LogP contribution in [0.2, 0.25) is 0 Å². The van der Waals surface area contributed by atoms with Crippen LogP contribution < -0.4 is 10.6 Å². The van der Waals surface area contributed by atoms with E-state index in [9.17, 15) is 4.79 Å². The Labute approximate surface area is 153 Å². The van der Waals surface area contributed by atoms with Gasteiger partial charge >= 0.3 is 0 Å². The van der Waals surface area contributed by atoms with Gasteiger partial charge in [-0.25, -0.2) is 4.98 Å². The van der Waals surface area contributed by atoms with Gasteiger partial charge in [-0.05, 0) is 37.6 Å². The third-order valence-electron chi connectivity index (χ3n) is 5.26. The monoisotopic (exact) mass is 354 g/mol. The molecule has 0 radical (unpaired) electrons. The molecule has 2 aromatic heterocycles. The molecule has 4 rings (SSSR count). The number of hydrogen-bond donors (Lipinski definition) is 2. The second-order valence-electron chi connectivity index (χ2n) is 7.02. The van der Waals surface area contributed by atoms with E-state index in [0.717, 1.165) is 44.1 Å². The van der Waals surface area contributed by atoms with Gasteiger partial charge in [0.15, 0.2) is 0 Å². The highest BCUT2D eigenvalue weighted by Gasteiger charge is 2.24. The van der Waals surface area contributed by atoms with E-state index in [-0.39, 0.29) is 11.9 Å². The van der Waals surface area contributed by atoms with Gasteiger partial charge in [0.25, 0.3) is 5.91 Å². The summed E-state index contributed by atoms with van der Waals surface area (Å²) in [5, 5.41) is 6.38. The van der Waals surface area contributed by atoms with E-state index in [1.165, 1.54) is 19.3 Å². The molecule has 1 amide bonds. The first-order valence-electron chi connectivity index (χ1n) is 9.50. The SMILES string of the molecule is O=C(NCC(c1cccnc1)N1CCCCC1)c1cn2c(n1)CNCC2. The summed E-state index contributed by atoms with van der Waals surface area (Å²) < 4.78 is 2.06. The third kappa shape index (κ3) is 3.78. The van der Waals surface area contributed by atoms with E-state index in [1.807, 2.05) is 18.5 Å². The van der Waals surface area contributed by atoms with Crippen molar-refractivity contribution in [3.05, 3.63) is 47.8 Å². The second kappa shape index (κ2) is 7.97. The minimum Gasteiger partial charge on any atom is -0.349 e. The number of rotatable bonds is 5. The number of aromatic nitrogens is 3. The molecule has 1 fully saturated rings. The molecule has 1 saturated heterocycles. The first-order chi connectivity index (χ1) is 12.8. The van der Waals surface area contributed by atoms with E-state index in [1.54, 1.807) is 6.20 Å². The van der Waals surface area contributed by atoms with Crippen molar-refractivity contribution in [1.82, 2.24) is 30.1 Å². The fourth-order valence-corrected chi connectivity index (χ4v) is 3.84. The van der Waals surface area contributed by atoms with E-state index < -0.39 is 0 Å². The minimum atomic E-state index is -0.0993. The average molecular weight is 354 g/mol. The van der Waals surface area contributed by atoms with Gasteiger partial charge in [0.2, 0.25) is 0 Å². The molecule has 0 bridgehead atoms. The van der Waals surface area contributed by atoms with Crippen LogP contribution >= 0.6 is 0 Å². The maximum Gasteiger partial charge on any atom is 0.271 e. The maximum absolute atomic E-state index is 12.6. The summed E-state index contributed by atoms with van der Waals surface area (Å²) in [6.45, 7) is 5.22. The van der Waals surface area contributed by atoms with Crippen molar-refractivity contribution in [1.29, 1.82) is 0 Å². The van der Waals surface area contributed by atoms with E-state index in [0.29, 0.717) is 12.2 Å². The molecule has 7 heteroatoms. The number of imidazole rings is 1. The van der Waals surface area contributed by atoms with E-state index in [4.69, 9.17) is 0 Å². The highest BCUT2D eigenvalue weighted by molar-refractivity contribution is 5.92. The van der Waals surface area contributed by atoms with Crippen LogP contribution in [-0.4, -0.2) is 51.5 Å². The van der Waals surface area contributed by atoms with Crippen LogP contribution in [0.15, 0.2) is 30.7 Å². The molecule has 0 spiro atoms. The summed E-state index contributed by atoms with van der Waals surface area (Å²) in [5.74, 6) is 0.832. The molecule has 0 aromatic carbocycles. The Balaban J connectivity index is 1.45. The van der Waals surface area contributed by atoms with Crippen molar-refractivity contribution in [2.24, 2.45) is 0 Å². The first kappa shape index (κ1) is 17.2. The second-order valence-corrected chi connectivity index (χ2v) is 7.02. The number of likely N-dealkylation sites (tertiary alicyclic amines) is 1. The third-order valence-corrected chi connectivity index (χ3v) is 5.26. The Morgan fingerprint density at radius 2 is 2.15 bits per heavy atom. The van der Waals surface area contributed by atoms with Crippen molar-refractivity contribution in [3.8, 4) is 0 Å². The van der Waals surface area contributed by atoms with Crippen LogP contribution in [0.5, 0.6) is 0 Å².